The van der Waals surface area contributed by atoms with E-state index in [0.29, 0.717) is 17.0 Å². The third-order valence-electron chi connectivity index (χ3n) is 1.95. The van der Waals surface area contributed by atoms with Crippen molar-refractivity contribution in [3.05, 3.63) is 29.7 Å². The van der Waals surface area contributed by atoms with Gasteiger partial charge in [-0.1, -0.05) is 0 Å². The molecule has 0 saturated carbocycles. The number of carboxylic acid groups (broad SMARTS) is 1. The number of rotatable bonds is 3. The van der Waals surface area contributed by atoms with Gasteiger partial charge < -0.3 is 14.3 Å². The topological polar surface area (TPSA) is 72.6 Å². The first-order chi connectivity index (χ1) is 7.20. The molecule has 0 aliphatic heterocycles. The summed E-state index contributed by atoms with van der Waals surface area (Å²) in [7, 11) is 1.54. The molecule has 78 valence electrons. The van der Waals surface area contributed by atoms with Crippen LogP contribution in [0.25, 0.3) is 11.1 Å². The molecule has 0 amide bonds. The van der Waals surface area contributed by atoms with Crippen molar-refractivity contribution < 1.29 is 19.1 Å². The van der Waals surface area contributed by atoms with Gasteiger partial charge >= 0.3 is 5.97 Å². The number of aromatic nitrogens is 1. The lowest BCUT2D eigenvalue weighted by molar-refractivity contribution is 0.0697. The van der Waals surface area contributed by atoms with Crippen LogP contribution in [0.1, 0.15) is 16.2 Å². The van der Waals surface area contributed by atoms with Crippen molar-refractivity contribution in [2.24, 2.45) is 0 Å². The van der Waals surface area contributed by atoms with E-state index in [-0.39, 0.29) is 12.2 Å². The highest BCUT2D eigenvalue weighted by Gasteiger charge is 2.08. The van der Waals surface area contributed by atoms with Gasteiger partial charge in [-0.25, -0.2) is 9.78 Å². The summed E-state index contributed by atoms with van der Waals surface area (Å²) in [5.41, 5.74) is 1.29. The van der Waals surface area contributed by atoms with E-state index in [9.17, 15) is 4.79 Å². The average Bonchev–Trinajstić information content (AvgIpc) is 2.59. The monoisotopic (exact) mass is 207 g/mol. The Labute approximate surface area is 85.3 Å². The van der Waals surface area contributed by atoms with Gasteiger partial charge in [-0.15, -0.1) is 0 Å². The quantitative estimate of drug-likeness (QED) is 0.828. The molecule has 15 heavy (non-hydrogen) atoms. The van der Waals surface area contributed by atoms with Gasteiger partial charge in [-0.05, 0) is 18.2 Å². The number of ether oxygens (including phenoxy) is 1. The van der Waals surface area contributed by atoms with Crippen LogP contribution in [0, 0.1) is 0 Å². The summed E-state index contributed by atoms with van der Waals surface area (Å²) < 4.78 is 10.2. The van der Waals surface area contributed by atoms with Gasteiger partial charge in [-0.3, -0.25) is 0 Å². The molecule has 1 aromatic heterocycles. The Morgan fingerprint density at radius 3 is 3.07 bits per heavy atom. The molecule has 0 spiro atoms. The highest BCUT2D eigenvalue weighted by molar-refractivity contribution is 5.91. The van der Waals surface area contributed by atoms with E-state index >= 15 is 0 Å². The maximum absolute atomic E-state index is 10.7. The third-order valence-corrected chi connectivity index (χ3v) is 1.95. The fourth-order valence-electron chi connectivity index (χ4n) is 1.29. The zero-order valence-corrected chi connectivity index (χ0v) is 8.06. The van der Waals surface area contributed by atoms with Crippen LogP contribution in [-0.4, -0.2) is 23.2 Å². The van der Waals surface area contributed by atoms with E-state index in [4.69, 9.17) is 14.3 Å². The molecule has 2 rings (SSSR count). The van der Waals surface area contributed by atoms with Crippen molar-refractivity contribution in [2.75, 3.05) is 7.11 Å². The molecule has 0 bridgehead atoms. The van der Waals surface area contributed by atoms with Gasteiger partial charge in [0.05, 0.1) is 5.56 Å². The lowest BCUT2D eigenvalue weighted by Gasteiger charge is -1.91. The van der Waals surface area contributed by atoms with E-state index in [1.54, 1.807) is 6.07 Å². The Bertz CT molecular complexity index is 503. The van der Waals surface area contributed by atoms with Gasteiger partial charge in [0.25, 0.3) is 0 Å². The standard InChI is InChI=1S/C10H9NO4/c1-14-5-9-11-7-4-6(10(12)13)2-3-8(7)15-9/h2-4H,5H2,1H3,(H,12,13). The molecule has 1 aromatic carbocycles. The summed E-state index contributed by atoms with van der Waals surface area (Å²) in [5, 5.41) is 8.77. The number of hydrogen-bond donors (Lipinski definition) is 1. The first-order valence-corrected chi connectivity index (χ1v) is 4.32. The van der Waals surface area contributed by atoms with Crippen LogP contribution in [-0.2, 0) is 11.3 Å². The molecule has 0 atom stereocenters. The minimum atomic E-state index is -0.979. The fourth-order valence-corrected chi connectivity index (χ4v) is 1.29. The largest absolute Gasteiger partial charge is 0.478 e. The third kappa shape index (κ3) is 1.82. The van der Waals surface area contributed by atoms with Crippen molar-refractivity contribution in [2.45, 2.75) is 6.61 Å². The van der Waals surface area contributed by atoms with Crippen LogP contribution in [0.4, 0.5) is 0 Å². The fraction of sp³-hybridized carbons (Fsp3) is 0.200. The molecule has 1 heterocycles. The minimum absolute atomic E-state index is 0.194. The maximum atomic E-state index is 10.7. The molecule has 0 radical (unpaired) electrons. The molecule has 0 saturated heterocycles. The SMILES string of the molecule is COCc1nc2cc(C(=O)O)ccc2o1. The summed E-state index contributed by atoms with van der Waals surface area (Å²) in [4.78, 5) is 14.8. The van der Waals surface area contributed by atoms with Crippen molar-refractivity contribution >= 4 is 17.1 Å². The number of carbonyl (C=O) groups is 1. The zero-order chi connectivity index (χ0) is 10.8. The van der Waals surface area contributed by atoms with Crippen LogP contribution in [0.15, 0.2) is 22.6 Å². The predicted molar refractivity (Wildman–Crippen MR) is 51.7 cm³/mol. The molecular formula is C10H9NO4. The van der Waals surface area contributed by atoms with Crippen LogP contribution >= 0.6 is 0 Å². The van der Waals surface area contributed by atoms with E-state index in [0.717, 1.165) is 0 Å². The van der Waals surface area contributed by atoms with Crippen molar-refractivity contribution in [3.8, 4) is 0 Å². The van der Waals surface area contributed by atoms with Crippen molar-refractivity contribution in [1.29, 1.82) is 0 Å². The second kappa shape index (κ2) is 3.70. The number of methoxy groups -OCH3 is 1. The smallest absolute Gasteiger partial charge is 0.335 e. The van der Waals surface area contributed by atoms with Crippen LogP contribution in [0.3, 0.4) is 0 Å². The van der Waals surface area contributed by atoms with Crippen LogP contribution < -0.4 is 0 Å². The molecular weight excluding hydrogens is 198 g/mol. The van der Waals surface area contributed by atoms with Crippen molar-refractivity contribution in [3.63, 3.8) is 0 Å². The maximum Gasteiger partial charge on any atom is 0.335 e. The Morgan fingerprint density at radius 2 is 2.40 bits per heavy atom. The van der Waals surface area contributed by atoms with Gasteiger partial charge in [0, 0.05) is 7.11 Å². The van der Waals surface area contributed by atoms with Crippen LogP contribution in [0.2, 0.25) is 0 Å². The van der Waals surface area contributed by atoms with E-state index < -0.39 is 5.97 Å². The molecule has 0 unspecified atom stereocenters. The molecule has 2 aromatic rings. The average molecular weight is 207 g/mol. The highest BCUT2D eigenvalue weighted by Crippen LogP contribution is 2.17. The van der Waals surface area contributed by atoms with E-state index in [2.05, 4.69) is 4.98 Å². The van der Waals surface area contributed by atoms with Gasteiger partial charge in [0.15, 0.2) is 5.58 Å². The number of hydrogen-bond acceptors (Lipinski definition) is 4. The second-order valence-electron chi connectivity index (χ2n) is 3.03. The Hall–Kier alpha value is -1.88. The van der Waals surface area contributed by atoms with E-state index in [1.165, 1.54) is 19.2 Å². The lowest BCUT2D eigenvalue weighted by Crippen LogP contribution is -1.94. The Morgan fingerprint density at radius 1 is 1.60 bits per heavy atom. The Kier molecular flexibility index (Phi) is 2.39. The van der Waals surface area contributed by atoms with Crippen molar-refractivity contribution in [1.82, 2.24) is 4.98 Å². The van der Waals surface area contributed by atoms with Gasteiger partial charge in [0.1, 0.15) is 12.1 Å². The number of oxazole rings is 1. The number of nitrogens with zero attached hydrogens (tertiary/aromatic N) is 1. The normalized spacial score (nSPS) is 10.7. The summed E-state index contributed by atoms with van der Waals surface area (Å²) in [6, 6.07) is 4.54. The summed E-state index contributed by atoms with van der Waals surface area (Å²) in [6.45, 7) is 0.275. The minimum Gasteiger partial charge on any atom is -0.478 e. The first-order valence-electron chi connectivity index (χ1n) is 4.32. The predicted octanol–water partition coefficient (Wildman–Crippen LogP) is 1.67. The van der Waals surface area contributed by atoms with E-state index in [1.807, 2.05) is 0 Å². The molecule has 5 heteroatoms. The summed E-state index contributed by atoms with van der Waals surface area (Å²) in [6.07, 6.45) is 0. The molecule has 1 N–H and O–H groups in total. The Balaban J connectivity index is 2.47. The number of carboxylic acids is 1. The highest BCUT2D eigenvalue weighted by atomic mass is 16.5. The number of aromatic carboxylic acids is 1. The lowest BCUT2D eigenvalue weighted by atomic mass is 10.2. The summed E-state index contributed by atoms with van der Waals surface area (Å²) >= 11 is 0. The zero-order valence-electron chi connectivity index (χ0n) is 8.06. The second-order valence-corrected chi connectivity index (χ2v) is 3.03. The number of fused-ring (bicyclic) bond motifs is 1. The molecule has 0 fully saturated rings. The molecule has 5 nitrogen and oxygen atoms in total. The number of benzene rings is 1. The first kappa shape index (κ1) is 9.67. The molecule has 0 aliphatic rings. The summed E-state index contributed by atoms with van der Waals surface area (Å²) in [5.74, 6) is -0.539. The van der Waals surface area contributed by atoms with Gasteiger partial charge in [0.2, 0.25) is 5.89 Å². The van der Waals surface area contributed by atoms with Gasteiger partial charge in [-0.2, -0.15) is 0 Å². The van der Waals surface area contributed by atoms with Crippen LogP contribution in [0.5, 0.6) is 0 Å². The molecule has 0 aliphatic carbocycles.